The zero-order valence-electron chi connectivity index (χ0n) is 20.5. The summed E-state index contributed by atoms with van der Waals surface area (Å²) in [6.07, 6.45) is 3.76. The number of esters is 3. The van der Waals surface area contributed by atoms with Gasteiger partial charge in [-0.05, 0) is 44.0 Å². The Balaban J connectivity index is 1.56. The van der Waals surface area contributed by atoms with E-state index in [1.807, 2.05) is 6.92 Å². The highest BCUT2D eigenvalue weighted by molar-refractivity contribution is 6.04. The van der Waals surface area contributed by atoms with Crippen LogP contribution in [0.3, 0.4) is 0 Å². The average molecular weight is 509 g/mol. The third-order valence-electron chi connectivity index (χ3n) is 7.93. The van der Waals surface area contributed by atoms with Crippen LogP contribution >= 0.6 is 0 Å². The molecule has 2 aromatic rings. The van der Waals surface area contributed by atoms with Crippen molar-refractivity contribution >= 4 is 23.7 Å². The lowest BCUT2D eigenvalue weighted by molar-refractivity contribution is -0.179. The number of carbonyl (C=O) groups excluding carboxylic acids is 4. The number of Topliss-reactive ketones (excluding diaryl/α,β-unsaturated/α-hetero) is 1. The van der Waals surface area contributed by atoms with E-state index in [2.05, 4.69) is 0 Å². The highest BCUT2D eigenvalue weighted by atomic mass is 16.6. The molecule has 0 bridgehead atoms. The van der Waals surface area contributed by atoms with Crippen molar-refractivity contribution in [3.63, 3.8) is 0 Å². The Kier molecular flexibility index (Phi) is 6.04. The van der Waals surface area contributed by atoms with E-state index in [1.54, 1.807) is 30.3 Å². The summed E-state index contributed by atoms with van der Waals surface area (Å²) in [6.45, 7) is 1.87. The molecule has 194 valence electrons. The van der Waals surface area contributed by atoms with Crippen LogP contribution in [0.15, 0.2) is 59.1 Å². The normalized spacial score (nSPS) is 32.9. The van der Waals surface area contributed by atoms with Gasteiger partial charge in [-0.1, -0.05) is 17.7 Å². The lowest BCUT2D eigenvalue weighted by Crippen LogP contribution is -2.76. The topological polar surface area (TPSA) is 161 Å². The Bertz CT molecular complexity index is 1280. The molecular formula is C27H28N2O8. The summed E-state index contributed by atoms with van der Waals surface area (Å²) < 4.78 is 21.3. The minimum absolute atomic E-state index is 0.0609. The number of furan rings is 1. The molecule has 0 unspecified atom stereocenters. The van der Waals surface area contributed by atoms with Gasteiger partial charge < -0.3 is 30.1 Å². The van der Waals surface area contributed by atoms with E-state index >= 15 is 0 Å². The number of rotatable bonds is 4. The SMILES string of the molecule is COC(=O)[C@@H]1C=C(OC(=O)c2ccc(C)cc2)C(=O)[C@H]2[C@@]1(N)CC[C@H]1C(=O)O[C@H](c3ccoc3)C[C@]21N. The van der Waals surface area contributed by atoms with E-state index in [9.17, 15) is 19.2 Å². The number of allylic oxidation sites excluding steroid dienone is 1. The maximum atomic E-state index is 14.0. The number of methoxy groups -OCH3 is 1. The van der Waals surface area contributed by atoms with Gasteiger partial charge in [-0.3, -0.25) is 14.4 Å². The number of carbonyl (C=O) groups is 4. The van der Waals surface area contributed by atoms with Crippen molar-refractivity contribution in [2.45, 2.75) is 43.4 Å². The molecule has 2 heterocycles. The largest absolute Gasteiger partial charge is 0.472 e. The third-order valence-corrected chi connectivity index (χ3v) is 7.93. The van der Waals surface area contributed by atoms with Gasteiger partial charge in [0.05, 0.1) is 43.0 Å². The van der Waals surface area contributed by atoms with E-state index in [0.29, 0.717) is 5.56 Å². The number of ether oxygens (including phenoxy) is 3. The molecule has 10 nitrogen and oxygen atoms in total. The van der Waals surface area contributed by atoms with E-state index in [-0.39, 0.29) is 30.6 Å². The van der Waals surface area contributed by atoms with E-state index in [1.165, 1.54) is 25.7 Å². The lowest BCUT2D eigenvalue weighted by Gasteiger charge is -2.58. The standard InChI is InChI=1S/C27H28N2O8/c1-14-3-5-15(6-4-14)23(31)36-19-11-18(24(32)34-2)26(28)9-7-17-25(33)37-20(16-8-10-35-13-16)12-27(17,29)22(26)21(19)30/h3-6,8,10-11,13,17-18,20,22H,7,9,12,28-29H2,1-2H3/t17-,18-,20-,22-,26+,27+/m0/s1. The smallest absolute Gasteiger partial charge is 0.343 e. The summed E-state index contributed by atoms with van der Waals surface area (Å²) in [5.41, 5.74) is 12.6. The first-order valence-electron chi connectivity index (χ1n) is 12.0. The number of fused-ring (bicyclic) bond motifs is 3. The van der Waals surface area contributed by atoms with Gasteiger partial charge in [0.1, 0.15) is 6.10 Å². The summed E-state index contributed by atoms with van der Waals surface area (Å²) in [6, 6.07) is 8.27. The first kappa shape index (κ1) is 24.9. The van der Waals surface area contributed by atoms with Gasteiger partial charge in [-0.25, -0.2) is 4.79 Å². The van der Waals surface area contributed by atoms with Crippen LogP contribution in [-0.4, -0.2) is 41.9 Å². The van der Waals surface area contributed by atoms with Crippen LogP contribution in [0.1, 0.15) is 46.9 Å². The Morgan fingerprint density at radius 1 is 1.08 bits per heavy atom. The van der Waals surface area contributed by atoms with Crippen molar-refractivity contribution in [1.82, 2.24) is 0 Å². The van der Waals surface area contributed by atoms with Gasteiger partial charge in [0.15, 0.2) is 5.76 Å². The molecule has 1 aromatic heterocycles. The molecule has 2 fully saturated rings. The van der Waals surface area contributed by atoms with Gasteiger partial charge in [0.2, 0.25) is 5.78 Å². The first-order chi connectivity index (χ1) is 17.6. The summed E-state index contributed by atoms with van der Waals surface area (Å²) in [7, 11) is 1.21. The minimum atomic E-state index is -1.48. The molecule has 5 rings (SSSR count). The minimum Gasteiger partial charge on any atom is -0.472 e. The first-order valence-corrected chi connectivity index (χ1v) is 12.0. The Morgan fingerprint density at radius 2 is 1.81 bits per heavy atom. The van der Waals surface area contributed by atoms with Crippen molar-refractivity contribution in [3.8, 4) is 0 Å². The fourth-order valence-corrected chi connectivity index (χ4v) is 6.04. The van der Waals surface area contributed by atoms with Crippen LogP contribution in [-0.2, 0) is 28.6 Å². The third kappa shape index (κ3) is 3.96. The number of hydrogen-bond acceptors (Lipinski definition) is 10. The number of ketones is 1. The van der Waals surface area contributed by atoms with E-state index in [4.69, 9.17) is 30.1 Å². The van der Waals surface area contributed by atoms with Gasteiger partial charge in [-0.15, -0.1) is 0 Å². The summed E-state index contributed by atoms with van der Waals surface area (Å²) in [5.74, 6) is -6.22. The second kappa shape index (κ2) is 8.97. The van der Waals surface area contributed by atoms with Crippen molar-refractivity contribution < 1.29 is 37.8 Å². The van der Waals surface area contributed by atoms with Gasteiger partial charge in [0.25, 0.3) is 0 Å². The summed E-state index contributed by atoms with van der Waals surface area (Å²) in [5, 5.41) is 0. The van der Waals surface area contributed by atoms with Crippen LogP contribution in [0.2, 0.25) is 0 Å². The van der Waals surface area contributed by atoms with Crippen molar-refractivity contribution in [2.24, 2.45) is 29.2 Å². The molecule has 3 aliphatic rings. The molecule has 1 saturated heterocycles. The second-order valence-electron chi connectivity index (χ2n) is 10.1. The fourth-order valence-electron chi connectivity index (χ4n) is 6.04. The maximum Gasteiger partial charge on any atom is 0.343 e. The van der Waals surface area contributed by atoms with Gasteiger partial charge >= 0.3 is 17.9 Å². The zero-order chi connectivity index (χ0) is 26.5. The van der Waals surface area contributed by atoms with Crippen molar-refractivity contribution in [1.29, 1.82) is 0 Å². The second-order valence-corrected chi connectivity index (χ2v) is 10.1. The molecule has 37 heavy (non-hydrogen) atoms. The molecule has 0 radical (unpaired) electrons. The van der Waals surface area contributed by atoms with Gasteiger partial charge in [0, 0.05) is 23.1 Å². The fraction of sp³-hybridized carbons (Fsp3) is 0.407. The molecule has 0 amide bonds. The van der Waals surface area contributed by atoms with Crippen LogP contribution < -0.4 is 11.5 Å². The van der Waals surface area contributed by atoms with Gasteiger partial charge in [-0.2, -0.15) is 0 Å². The number of benzene rings is 1. The van der Waals surface area contributed by atoms with E-state index < -0.39 is 58.6 Å². The zero-order valence-corrected chi connectivity index (χ0v) is 20.5. The summed E-state index contributed by atoms with van der Waals surface area (Å²) >= 11 is 0. The van der Waals surface area contributed by atoms with E-state index in [0.717, 1.165) is 5.56 Å². The van der Waals surface area contributed by atoms with Crippen molar-refractivity contribution in [2.75, 3.05) is 7.11 Å². The molecule has 1 saturated carbocycles. The lowest BCUT2D eigenvalue weighted by atomic mass is 9.50. The Morgan fingerprint density at radius 3 is 2.46 bits per heavy atom. The molecule has 6 atom stereocenters. The Labute approximate surface area is 212 Å². The Hall–Kier alpha value is -3.76. The van der Waals surface area contributed by atoms with Crippen LogP contribution in [0.5, 0.6) is 0 Å². The molecule has 1 aliphatic heterocycles. The highest BCUT2D eigenvalue weighted by Gasteiger charge is 2.67. The van der Waals surface area contributed by atoms with Crippen molar-refractivity contribution in [3.05, 3.63) is 71.4 Å². The quantitative estimate of drug-likeness (QED) is 0.462. The number of hydrogen-bond donors (Lipinski definition) is 2. The summed E-state index contributed by atoms with van der Waals surface area (Å²) in [4.78, 5) is 52.9. The number of cyclic esters (lactones) is 1. The molecule has 10 heteroatoms. The van der Waals surface area contributed by atoms with Crippen LogP contribution in [0.25, 0.3) is 0 Å². The maximum absolute atomic E-state index is 14.0. The molecule has 4 N–H and O–H groups in total. The highest BCUT2D eigenvalue weighted by Crippen LogP contribution is 2.55. The van der Waals surface area contributed by atoms with Crippen LogP contribution in [0, 0.1) is 24.7 Å². The van der Waals surface area contributed by atoms with Crippen LogP contribution in [0.4, 0.5) is 0 Å². The number of nitrogens with two attached hydrogens (primary N) is 2. The molecule has 2 aliphatic carbocycles. The predicted molar refractivity (Wildman–Crippen MR) is 127 cm³/mol. The monoisotopic (exact) mass is 508 g/mol. The predicted octanol–water partition coefficient (Wildman–Crippen LogP) is 2.11. The number of aryl methyl sites for hydroxylation is 1. The molecule has 0 spiro atoms. The average Bonchev–Trinajstić information content (AvgIpc) is 3.40. The molecular weight excluding hydrogens is 480 g/mol. The molecule has 1 aromatic carbocycles.